The molecule has 0 aromatic heterocycles. The van der Waals surface area contributed by atoms with Crippen molar-refractivity contribution >= 4 is 11.9 Å². The molecule has 2 aliphatic rings. The van der Waals surface area contributed by atoms with Crippen LogP contribution >= 0.6 is 0 Å². The second-order valence-electron chi connectivity index (χ2n) is 5.98. The van der Waals surface area contributed by atoms with Crippen LogP contribution < -0.4 is 4.74 Å². The number of aryl methyl sites for hydroxylation is 1. The Balaban J connectivity index is 1.74. The highest BCUT2D eigenvalue weighted by Gasteiger charge is 2.48. The van der Waals surface area contributed by atoms with Crippen LogP contribution in [0, 0.1) is 0 Å². The van der Waals surface area contributed by atoms with Crippen molar-refractivity contribution in [2.24, 2.45) is 4.99 Å². The number of esters is 1. The molecule has 1 unspecified atom stereocenters. The summed E-state index contributed by atoms with van der Waals surface area (Å²) in [7, 11) is 1.66. The summed E-state index contributed by atoms with van der Waals surface area (Å²) in [5.74, 6) is 0.986. The fourth-order valence-electron chi connectivity index (χ4n) is 3.38. The molecule has 1 atom stereocenters. The minimum absolute atomic E-state index is 0.257. The number of cyclic esters (lactones) is 1. The van der Waals surface area contributed by atoms with Crippen molar-refractivity contribution in [2.75, 3.05) is 7.11 Å². The fourth-order valence-corrected chi connectivity index (χ4v) is 3.38. The number of hydrogen-bond acceptors (Lipinski definition) is 4. The molecule has 0 saturated heterocycles. The number of carbonyl (C=O) groups excluding carboxylic acids is 1. The van der Waals surface area contributed by atoms with Gasteiger partial charge in [-0.1, -0.05) is 30.3 Å². The monoisotopic (exact) mass is 307 g/mol. The average molecular weight is 307 g/mol. The zero-order valence-electron chi connectivity index (χ0n) is 12.9. The molecule has 4 rings (SSSR count). The van der Waals surface area contributed by atoms with E-state index in [1.165, 1.54) is 5.56 Å². The van der Waals surface area contributed by atoms with Gasteiger partial charge in [0.2, 0.25) is 5.90 Å². The van der Waals surface area contributed by atoms with E-state index >= 15 is 0 Å². The Kier molecular flexibility index (Phi) is 3.18. The first-order valence-corrected chi connectivity index (χ1v) is 7.74. The van der Waals surface area contributed by atoms with Crippen LogP contribution in [0.25, 0.3) is 0 Å². The second kappa shape index (κ2) is 5.23. The maximum atomic E-state index is 12.6. The van der Waals surface area contributed by atoms with Gasteiger partial charge in [0.1, 0.15) is 5.75 Å². The van der Waals surface area contributed by atoms with Crippen LogP contribution in [-0.2, 0) is 22.4 Å². The number of benzene rings is 2. The summed E-state index contributed by atoms with van der Waals surface area (Å²) in [6.45, 7) is 0. The Morgan fingerprint density at radius 1 is 1.13 bits per heavy atom. The number of methoxy groups -OCH3 is 1. The lowest BCUT2D eigenvalue weighted by Gasteiger charge is -2.29. The van der Waals surface area contributed by atoms with Crippen molar-refractivity contribution < 1.29 is 14.3 Å². The van der Waals surface area contributed by atoms with Crippen LogP contribution in [0.1, 0.15) is 23.1 Å². The van der Waals surface area contributed by atoms with Crippen LogP contribution in [-0.4, -0.2) is 24.5 Å². The Hall–Kier alpha value is -2.62. The van der Waals surface area contributed by atoms with E-state index < -0.39 is 5.54 Å². The minimum atomic E-state index is -0.813. The lowest BCUT2D eigenvalue weighted by atomic mass is 9.78. The average Bonchev–Trinajstić information content (AvgIpc) is 2.91. The van der Waals surface area contributed by atoms with Gasteiger partial charge in [-0.15, -0.1) is 0 Å². The first kappa shape index (κ1) is 14.0. The Morgan fingerprint density at radius 2 is 1.96 bits per heavy atom. The van der Waals surface area contributed by atoms with E-state index in [0.717, 1.165) is 23.3 Å². The van der Waals surface area contributed by atoms with Gasteiger partial charge < -0.3 is 9.47 Å². The summed E-state index contributed by atoms with van der Waals surface area (Å²) in [5.41, 5.74) is 2.32. The molecular weight excluding hydrogens is 290 g/mol. The highest BCUT2D eigenvalue weighted by atomic mass is 16.6. The minimum Gasteiger partial charge on any atom is -0.496 e. The summed E-state index contributed by atoms with van der Waals surface area (Å²) in [6, 6.07) is 15.6. The van der Waals surface area contributed by atoms with Crippen molar-refractivity contribution in [2.45, 2.75) is 24.8 Å². The van der Waals surface area contributed by atoms with Gasteiger partial charge in [0.15, 0.2) is 5.54 Å². The molecular formula is C19H17NO3. The van der Waals surface area contributed by atoms with Crippen molar-refractivity contribution in [1.29, 1.82) is 0 Å². The first-order chi connectivity index (χ1) is 11.2. The van der Waals surface area contributed by atoms with Crippen LogP contribution in [0.5, 0.6) is 5.75 Å². The predicted molar refractivity (Wildman–Crippen MR) is 86.8 cm³/mol. The van der Waals surface area contributed by atoms with Crippen molar-refractivity contribution in [1.82, 2.24) is 0 Å². The Morgan fingerprint density at radius 3 is 2.74 bits per heavy atom. The van der Waals surface area contributed by atoms with Gasteiger partial charge in [-0.2, -0.15) is 0 Å². The highest BCUT2D eigenvalue weighted by molar-refractivity contribution is 6.08. The topological polar surface area (TPSA) is 47.9 Å². The number of nitrogens with zero attached hydrogens (tertiary/aromatic N) is 1. The van der Waals surface area contributed by atoms with Gasteiger partial charge in [0.05, 0.1) is 7.11 Å². The summed E-state index contributed by atoms with van der Waals surface area (Å²) in [6.07, 6.45) is 2.00. The first-order valence-electron chi connectivity index (χ1n) is 7.74. The summed E-state index contributed by atoms with van der Waals surface area (Å²) >= 11 is 0. The van der Waals surface area contributed by atoms with E-state index in [1.54, 1.807) is 7.11 Å². The number of carbonyl (C=O) groups is 1. The van der Waals surface area contributed by atoms with E-state index in [9.17, 15) is 4.79 Å². The third-order valence-corrected chi connectivity index (χ3v) is 4.63. The van der Waals surface area contributed by atoms with E-state index in [4.69, 9.17) is 14.5 Å². The fraction of sp³-hybridized carbons (Fsp3) is 0.263. The van der Waals surface area contributed by atoms with Crippen LogP contribution in [0.15, 0.2) is 53.5 Å². The summed E-state index contributed by atoms with van der Waals surface area (Å²) in [4.78, 5) is 17.3. The number of fused-ring (bicyclic) bond motifs is 1. The number of rotatable bonds is 2. The maximum absolute atomic E-state index is 12.6. The molecule has 1 heterocycles. The molecule has 23 heavy (non-hydrogen) atoms. The molecule has 4 nitrogen and oxygen atoms in total. The number of ether oxygens (including phenoxy) is 2. The van der Waals surface area contributed by atoms with Crippen LogP contribution in [0.2, 0.25) is 0 Å². The molecule has 116 valence electrons. The van der Waals surface area contributed by atoms with Gasteiger partial charge >= 0.3 is 5.97 Å². The van der Waals surface area contributed by atoms with E-state index in [1.807, 2.05) is 42.5 Å². The molecule has 1 aliphatic carbocycles. The standard InChI is InChI=1S/C19H17NO3/c1-22-16-9-5-8-13-10-11-19(12-15(13)16)18(21)23-17(20-19)14-6-3-2-4-7-14/h2-9H,10-12H2,1H3. The molecule has 0 saturated carbocycles. The van der Waals surface area contributed by atoms with E-state index in [0.29, 0.717) is 18.7 Å². The zero-order valence-corrected chi connectivity index (χ0v) is 12.9. The highest BCUT2D eigenvalue weighted by Crippen LogP contribution is 2.40. The molecule has 4 heteroatoms. The van der Waals surface area contributed by atoms with Gasteiger partial charge in [-0.3, -0.25) is 0 Å². The SMILES string of the molecule is COc1cccc2c1CC1(CC2)N=C(c2ccccc2)OC1=O. The van der Waals surface area contributed by atoms with E-state index in [-0.39, 0.29) is 5.97 Å². The van der Waals surface area contributed by atoms with Crippen molar-refractivity contribution in [3.8, 4) is 5.75 Å². The quantitative estimate of drug-likeness (QED) is 0.802. The van der Waals surface area contributed by atoms with Gasteiger partial charge in [0, 0.05) is 17.5 Å². The zero-order chi connectivity index (χ0) is 15.9. The van der Waals surface area contributed by atoms with Gasteiger partial charge in [0.25, 0.3) is 0 Å². The van der Waals surface area contributed by atoms with E-state index in [2.05, 4.69) is 6.07 Å². The third-order valence-electron chi connectivity index (χ3n) is 4.63. The Labute approximate surface area is 134 Å². The smallest absolute Gasteiger partial charge is 0.341 e. The predicted octanol–water partition coefficient (Wildman–Crippen LogP) is 2.93. The van der Waals surface area contributed by atoms with Crippen molar-refractivity contribution in [3.63, 3.8) is 0 Å². The summed E-state index contributed by atoms with van der Waals surface area (Å²) in [5, 5.41) is 0. The molecule has 1 spiro atoms. The largest absolute Gasteiger partial charge is 0.496 e. The summed E-state index contributed by atoms with van der Waals surface area (Å²) < 4.78 is 11.0. The lowest BCUT2D eigenvalue weighted by molar-refractivity contribution is -0.139. The third kappa shape index (κ3) is 2.22. The number of aliphatic imine (C=N–C) groups is 1. The second-order valence-corrected chi connectivity index (χ2v) is 5.98. The molecule has 0 bridgehead atoms. The van der Waals surface area contributed by atoms with Gasteiger partial charge in [-0.25, -0.2) is 9.79 Å². The molecule has 2 aromatic carbocycles. The lowest BCUT2D eigenvalue weighted by Crippen LogP contribution is -2.40. The van der Waals surface area contributed by atoms with Crippen molar-refractivity contribution in [3.05, 3.63) is 65.2 Å². The molecule has 1 aliphatic heterocycles. The maximum Gasteiger partial charge on any atom is 0.341 e. The van der Waals surface area contributed by atoms with Crippen LogP contribution in [0.4, 0.5) is 0 Å². The molecule has 0 N–H and O–H groups in total. The van der Waals surface area contributed by atoms with Gasteiger partial charge in [-0.05, 0) is 36.6 Å². The number of hydrogen-bond donors (Lipinski definition) is 0. The Bertz CT molecular complexity index is 783. The van der Waals surface area contributed by atoms with Crippen LogP contribution in [0.3, 0.4) is 0 Å². The molecule has 2 aromatic rings. The normalized spacial score (nSPS) is 22.5. The molecule has 0 radical (unpaired) electrons. The molecule has 0 amide bonds. The molecule has 0 fully saturated rings.